The van der Waals surface area contributed by atoms with Gasteiger partial charge in [-0.25, -0.2) is 0 Å². The summed E-state index contributed by atoms with van der Waals surface area (Å²) in [5.41, 5.74) is 1.32. The van der Waals surface area contributed by atoms with Gasteiger partial charge in [0.1, 0.15) is 5.75 Å². The third-order valence-corrected chi connectivity index (χ3v) is 11.4. The SMILES string of the molecule is COc1cccc(C2(CC=CC(O)CCC3CCCSCCS3)SCCS2)c1. The van der Waals surface area contributed by atoms with E-state index in [0.717, 1.165) is 30.3 Å². The van der Waals surface area contributed by atoms with E-state index in [4.69, 9.17) is 4.74 Å². The number of rotatable bonds is 8. The van der Waals surface area contributed by atoms with E-state index in [0.29, 0.717) is 0 Å². The molecule has 3 rings (SSSR count). The van der Waals surface area contributed by atoms with Crippen LogP contribution in [0.1, 0.15) is 37.7 Å². The number of methoxy groups -OCH3 is 1. The number of hydrogen-bond acceptors (Lipinski definition) is 6. The molecule has 0 amide bonds. The highest BCUT2D eigenvalue weighted by atomic mass is 32.2. The van der Waals surface area contributed by atoms with Gasteiger partial charge in [0, 0.05) is 28.3 Å². The van der Waals surface area contributed by atoms with Crippen LogP contribution in [0.3, 0.4) is 0 Å². The van der Waals surface area contributed by atoms with E-state index in [1.807, 2.05) is 35.7 Å². The monoisotopic (exact) mass is 456 g/mol. The summed E-state index contributed by atoms with van der Waals surface area (Å²) < 4.78 is 5.48. The van der Waals surface area contributed by atoms with Crippen LogP contribution in [-0.2, 0) is 4.08 Å². The van der Waals surface area contributed by atoms with Gasteiger partial charge in [-0.15, -0.1) is 23.5 Å². The van der Waals surface area contributed by atoms with Gasteiger partial charge in [-0.2, -0.15) is 23.5 Å². The molecule has 28 heavy (non-hydrogen) atoms. The predicted molar refractivity (Wildman–Crippen MR) is 131 cm³/mol. The Kier molecular flexibility index (Phi) is 9.84. The molecule has 0 bridgehead atoms. The maximum absolute atomic E-state index is 10.5. The normalized spacial score (nSPS) is 24.0. The second kappa shape index (κ2) is 12.1. The van der Waals surface area contributed by atoms with Crippen molar-refractivity contribution in [1.29, 1.82) is 0 Å². The molecule has 2 aliphatic rings. The van der Waals surface area contributed by atoms with Gasteiger partial charge >= 0.3 is 0 Å². The third kappa shape index (κ3) is 6.83. The van der Waals surface area contributed by atoms with E-state index in [1.165, 1.54) is 47.2 Å². The molecule has 0 aromatic heterocycles. The van der Waals surface area contributed by atoms with E-state index in [9.17, 15) is 5.11 Å². The van der Waals surface area contributed by atoms with Gasteiger partial charge in [-0.3, -0.25) is 0 Å². The largest absolute Gasteiger partial charge is 0.497 e. The van der Waals surface area contributed by atoms with Gasteiger partial charge in [0.25, 0.3) is 0 Å². The van der Waals surface area contributed by atoms with Crippen LogP contribution < -0.4 is 4.74 Å². The molecule has 6 heteroatoms. The fourth-order valence-electron chi connectivity index (χ4n) is 3.65. The molecule has 2 nitrogen and oxygen atoms in total. The van der Waals surface area contributed by atoms with Gasteiger partial charge in [0.05, 0.1) is 17.3 Å². The summed E-state index contributed by atoms with van der Waals surface area (Å²) >= 11 is 8.24. The first-order valence-corrected chi connectivity index (χ1v) is 14.4. The van der Waals surface area contributed by atoms with Crippen LogP contribution in [0.4, 0.5) is 0 Å². The number of allylic oxidation sites excluding steroid dienone is 1. The Balaban J connectivity index is 1.52. The Morgan fingerprint density at radius 2 is 2.07 bits per heavy atom. The Morgan fingerprint density at radius 1 is 1.21 bits per heavy atom. The Hall–Kier alpha value is 0.120. The second-order valence-corrected chi connectivity index (χ2v) is 12.9. The molecule has 2 heterocycles. The number of benzene rings is 1. The minimum Gasteiger partial charge on any atom is -0.497 e. The minimum absolute atomic E-state index is 0.0534. The molecule has 2 unspecified atom stereocenters. The van der Waals surface area contributed by atoms with Crippen molar-refractivity contribution in [1.82, 2.24) is 0 Å². The number of aliphatic hydroxyl groups excluding tert-OH is 1. The Labute approximate surface area is 187 Å². The first-order valence-electron chi connectivity index (χ1n) is 10.2. The molecule has 0 aliphatic carbocycles. The van der Waals surface area contributed by atoms with Crippen LogP contribution in [0.2, 0.25) is 0 Å². The first kappa shape index (κ1) is 22.8. The molecule has 2 aliphatic heterocycles. The van der Waals surface area contributed by atoms with Crippen molar-refractivity contribution in [3.05, 3.63) is 42.0 Å². The zero-order chi connectivity index (χ0) is 19.7. The molecule has 2 atom stereocenters. The van der Waals surface area contributed by atoms with Crippen molar-refractivity contribution in [2.75, 3.05) is 35.9 Å². The lowest BCUT2D eigenvalue weighted by Crippen LogP contribution is -2.14. The average Bonchev–Trinajstić information content (AvgIpc) is 3.17. The van der Waals surface area contributed by atoms with Crippen molar-refractivity contribution in [3.63, 3.8) is 0 Å². The topological polar surface area (TPSA) is 29.5 Å². The van der Waals surface area contributed by atoms with Crippen LogP contribution in [0.25, 0.3) is 0 Å². The van der Waals surface area contributed by atoms with Gasteiger partial charge < -0.3 is 9.84 Å². The van der Waals surface area contributed by atoms with Gasteiger partial charge in [-0.1, -0.05) is 24.3 Å². The summed E-state index contributed by atoms with van der Waals surface area (Å²) in [6.07, 6.45) is 9.51. The first-order chi connectivity index (χ1) is 13.7. The highest BCUT2D eigenvalue weighted by molar-refractivity contribution is 8.20. The van der Waals surface area contributed by atoms with E-state index in [-0.39, 0.29) is 10.2 Å². The Morgan fingerprint density at radius 3 is 2.89 bits per heavy atom. The molecule has 1 aromatic carbocycles. The predicted octanol–water partition coefficient (Wildman–Crippen LogP) is 6.04. The van der Waals surface area contributed by atoms with Gasteiger partial charge in [0.2, 0.25) is 0 Å². The summed E-state index contributed by atoms with van der Waals surface area (Å²) in [7, 11) is 1.73. The van der Waals surface area contributed by atoms with Crippen molar-refractivity contribution < 1.29 is 9.84 Å². The average molecular weight is 457 g/mol. The summed E-state index contributed by atoms with van der Waals surface area (Å²) in [6, 6.07) is 8.47. The highest BCUT2D eigenvalue weighted by Crippen LogP contribution is 2.54. The number of ether oxygens (including phenoxy) is 1. The maximum atomic E-state index is 10.5. The van der Waals surface area contributed by atoms with Gasteiger partial charge in [0.15, 0.2) is 0 Å². The lowest BCUT2D eigenvalue weighted by Gasteiger charge is -2.27. The molecule has 0 radical (unpaired) electrons. The molecule has 1 N–H and O–H groups in total. The number of hydrogen-bond donors (Lipinski definition) is 1. The van der Waals surface area contributed by atoms with E-state index in [1.54, 1.807) is 7.11 Å². The maximum Gasteiger partial charge on any atom is 0.119 e. The number of thioether (sulfide) groups is 4. The molecule has 2 saturated heterocycles. The van der Waals surface area contributed by atoms with E-state index in [2.05, 4.69) is 47.8 Å². The zero-order valence-electron chi connectivity index (χ0n) is 16.7. The molecule has 156 valence electrons. The molecule has 2 fully saturated rings. The molecular formula is C22H32O2S4. The quantitative estimate of drug-likeness (QED) is 0.479. The van der Waals surface area contributed by atoms with Crippen LogP contribution in [-0.4, -0.2) is 52.3 Å². The summed E-state index contributed by atoms with van der Waals surface area (Å²) in [5.74, 6) is 7.13. The zero-order valence-corrected chi connectivity index (χ0v) is 19.9. The van der Waals surface area contributed by atoms with Crippen LogP contribution in [0.15, 0.2) is 36.4 Å². The van der Waals surface area contributed by atoms with Gasteiger partial charge in [-0.05, 0) is 55.6 Å². The minimum atomic E-state index is -0.320. The lowest BCUT2D eigenvalue weighted by molar-refractivity contribution is 0.208. The number of aliphatic hydroxyl groups is 1. The summed E-state index contributed by atoms with van der Waals surface area (Å²) in [6.45, 7) is 0. The van der Waals surface area contributed by atoms with Crippen molar-refractivity contribution >= 4 is 47.0 Å². The van der Waals surface area contributed by atoms with Crippen LogP contribution in [0, 0.1) is 0 Å². The summed E-state index contributed by atoms with van der Waals surface area (Å²) in [4.78, 5) is 0. The summed E-state index contributed by atoms with van der Waals surface area (Å²) in [5, 5.41) is 11.2. The van der Waals surface area contributed by atoms with Crippen molar-refractivity contribution in [2.24, 2.45) is 0 Å². The van der Waals surface area contributed by atoms with E-state index >= 15 is 0 Å². The smallest absolute Gasteiger partial charge is 0.119 e. The third-order valence-electron chi connectivity index (χ3n) is 5.19. The lowest BCUT2D eigenvalue weighted by atomic mass is 10.1. The fourth-order valence-corrected chi connectivity index (χ4v) is 9.23. The van der Waals surface area contributed by atoms with Crippen molar-refractivity contribution in [3.8, 4) is 5.75 Å². The molecular weight excluding hydrogens is 425 g/mol. The molecule has 0 saturated carbocycles. The highest BCUT2D eigenvalue weighted by Gasteiger charge is 2.36. The molecule has 0 spiro atoms. The fraction of sp³-hybridized carbons (Fsp3) is 0.636. The van der Waals surface area contributed by atoms with Crippen molar-refractivity contribution in [2.45, 2.75) is 47.5 Å². The van der Waals surface area contributed by atoms with Crippen LogP contribution in [0.5, 0.6) is 5.75 Å². The van der Waals surface area contributed by atoms with Crippen LogP contribution >= 0.6 is 47.0 Å². The second-order valence-electron chi connectivity index (χ2n) is 7.21. The van der Waals surface area contributed by atoms with E-state index < -0.39 is 0 Å². The molecule has 1 aromatic rings. The Bertz CT molecular complexity index is 608. The standard InChI is InChI=1S/C22H32O2S4/c1-24-20-7-2-5-18(17-20)22(27-15-16-28-22)11-3-6-19(23)9-10-21-8-4-12-25-13-14-26-21/h2-3,5-7,17,19,21,23H,4,8-16H2,1H3.